The van der Waals surface area contributed by atoms with Gasteiger partial charge in [-0.05, 0) is 31.2 Å². The summed E-state index contributed by atoms with van der Waals surface area (Å²) in [5.74, 6) is -1.15. The highest BCUT2D eigenvalue weighted by Gasteiger charge is 2.43. The molecule has 1 heterocycles. The van der Waals surface area contributed by atoms with Crippen molar-refractivity contribution >= 4 is 11.9 Å². The Morgan fingerprint density at radius 2 is 2.05 bits per heavy atom. The molecule has 19 heavy (non-hydrogen) atoms. The minimum Gasteiger partial charge on any atom is -0.480 e. The molecule has 0 saturated carbocycles. The highest BCUT2D eigenvalue weighted by Crippen LogP contribution is 2.27. The van der Waals surface area contributed by atoms with Crippen LogP contribution in [0, 0.1) is 5.41 Å². The van der Waals surface area contributed by atoms with E-state index in [1.54, 1.807) is 0 Å². The summed E-state index contributed by atoms with van der Waals surface area (Å²) in [6, 6.07) is -0.865. The largest absolute Gasteiger partial charge is 0.480 e. The molecule has 5 heteroatoms. The molecule has 2 unspecified atom stereocenters. The zero-order chi connectivity index (χ0) is 14.7. The van der Waals surface area contributed by atoms with Crippen LogP contribution in [0.25, 0.3) is 0 Å². The molecule has 0 radical (unpaired) electrons. The van der Waals surface area contributed by atoms with Gasteiger partial charge >= 0.3 is 5.97 Å². The molecule has 1 aliphatic rings. The van der Waals surface area contributed by atoms with E-state index in [-0.39, 0.29) is 5.91 Å². The summed E-state index contributed by atoms with van der Waals surface area (Å²) in [7, 11) is 0. The van der Waals surface area contributed by atoms with Crippen LogP contribution in [0.5, 0.6) is 0 Å². The van der Waals surface area contributed by atoms with Crippen LogP contribution in [0.15, 0.2) is 0 Å². The highest BCUT2D eigenvalue weighted by atomic mass is 16.4. The second-order valence-corrected chi connectivity index (χ2v) is 6.47. The van der Waals surface area contributed by atoms with E-state index >= 15 is 0 Å². The van der Waals surface area contributed by atoms with Gasteiger partial charge in [0, 0.05) is 0 Å². The highest BCUT2D eigenvalue weighted by molar-refractivity contribution is 5.90. The first-order chi connectivity index (χ1) is 8.73. The van der Waals surface area contributed by atoms with Crippen LogP contribution in [0.3, 0.4) is 0 Å². The standard InChI is InChI=1S/C14H26N2O3/c1-5-7-14(8-6-9-15-14)12(19)16-10(11(17)18)13(2,3)4/h10,15H,5-9H2,1-4H3,(H,16,19)(H,17,18). The summed E-state index contributed by atoms with van der Waals surface area (Å²) >= 11 is 0. The fourth-order valence-corrected chi connectivity index (χ4v) is 2.67. The van der Waals surface area contributed by atoms with Gasteiger partial charge in [0.15, 0.2) is 0 Å². The molecule has 1 saturated heterocycles. The van der Waals surface area contributed by atoms with E-state index < -0.39 is 23.0 Å². The van der Waals surface area contributed by atoms with Crippen molar-refractivity contribution < 1.29 is 14.7 Å². The smallest absolute Gasteiger partial charge is 0.326 e. The van der Waals surface area contributed by atoms with Crippen molar-refractivity contribution in [3.8, 4) is 0 Å². The third-order valence-electron chi connectivity index (χ3n) is 3.74. The third kappa shape index (κ3) is 3.69. The Kier molecular flexibility index (Phi) is 4.96. The Morgan fingerprint density at radius 3 is 2.42 bits per heavy atom. The Balaban J connectivity index is 2.83. The minimum atomic E-state index is -0.981. The van der Waals surface area contributed by atoms with Crippen LogP contribution in [0.2, 0.25) is 0 Å². The van der Waals surface area contributed by atoms with E-state index in [0.717, 1.165) is 32.2 Å². The molecule has 0 aromatic rings. The minimum absolute atomic E-state index is 0.172. The maximum atomic E-state index is 12.5. The lowest BCUT2D eigenvalue weighted by atomic mass is 9.84. The molecule has 0 bridgehead atoms. The summed E-state index contributed by atoms with van der Waals surface area (Å²) in [6.45, 7) is 8.32. The van der Waals surface area contributed by atoms with E-state index in [0.29, 0.717) is 0 Å². The summed E-state index contributed by atoms with van der Waals surface area (Å²) < 4.78 is 0. The molecule has 1 fully saturated rings. The van der Waals surface area contributed by atoms with Crippen molar-refractivity contribution in [3.05, 3.63) is 0 Å². The zero-order valence-electron chi connectivity index (χ0n) is 12.4. The van der Waals surface area contributed by atoms with Crippen molar-refractivity contribution in [2.45, 2.75) is 65.0 Å². The van der Waals surface area contributed by atoms with Crippen LogP contribution in [0.1, 0.15) is 53.4 Å². The van der Waals surface area contributed by atoms with Crippen LogP contribution in [-0.4, -0.2) is 35.1 Å². The summed E-state index contributed by atoms with van der Waals surface area (Å²) in [6.07, 6.45) is 3.38. The predicted molar refractivity (Wildman–Crippen MR) is 73.9 cm³/mol. The van der Waals surface area contributed by atoms with Gasteiger partial charge in [-0.2, -0.15) is 0 Å². The Labute approximate surface area is 115 Å². The number of carbonyl (C=O) groups excluding carboxylic acids is 1. The average Bonchev–Trinajstić information content (AvgIpc) is 2.73. The van der Waals surface area contributed by atoms with Crippen molar-refractivity contribution in [2.75, 3.05) is 6.54 Å². The molecular weight excluding hydrogens is 244 g/mol. The van der Waals surface area contributed by atoms with E-state index in [1.807, 2.05) is 27.7 Å². The number of amides is 1. The van der Waals surface area contributed by atoms with Crippen molar-refractivity contribution in [2.24, 2.45) is 5.41 Å². The van der Waals surface area contributed by atoms with E-state index in [2.05, 4.69) is 10.6 Å². The van der Waals surface area contributed by atoms with Gasteiger partial charge < -0.3 is 15.7 Å². The number of hydrogen-bond donors (Lipinski definition) is 3. The molecule has 1 aliphatic heterocycles. The molecule has 0 aromatic carbocycles. The van der Waals surface area contributed by atoms with Gasteiger partial charge in [-0.1, -0.05) is 34.1 Å². The maximum Gasteiger partial charge on any atom is 0.326 e. The van der Waals surface area contributed by atoms with Crippen molar-refractivity contribution in [1.29, 1.82) is 0 Å². The predicted octanol–water partition coefficient (Wildman–Crippen LogP) is 1.52. The van der Waals surface area contributed by atoms with E-state index in [9.17, 15) is 14.7 Å². The molecule has 0 aliphatic carbocycles. The van der Waals surface area contributed by atoms with Gasteiger partial charge in [-0.15, -0.1) is 0 Å². The Bertz CT molecular complexity index is 341. The first-order valence-corrected chi connectivity index (χ1v) is 7.02. The number of carboxylic acids is 1. The molecule has 110 valence electrons. The molecule has 0 aromatic heterocycles. The average molecular weight is 270 g/mol. The fraction of sp³-hybridized carbons (Fsp3) is 0.857. The second-order valence-electron chi connectivity index (χ2n) is 6.47. The topological polar surface area (TPSA) is 78.4 Å². The SMILES string of the molecule is CCCC1(C(=O)NC(C(=O)O)C(C)(C)C)CCCN1. The quantitative estimate of drug-likeness (QED) is 0.708. The number of rotatable bonds is 5. The van der Waals surface area contributed by atoms with E-state index in [4.69, 9.17) is 0 Å². The van der Waals surface area contributed by atoms with Crippen LogP contribution >= 0.6 is 0 Å². The number of carboxylic acid groups (broad SMARTS) is 1. The van der Waals surface area contributed by atoms with Crippen molar-refractivity contribution in [1.82, 2.24) is 10.6 Å². The third-order valence-corrected chi connectivity index (χ3v) is 3.74. The zero-order valence-corrected chi connectivity index (χ0v) is 12.4. The van der Waals surface area contributed by atoms with Crippen LogP contribution < -0.4 is 10.6 Å². The lowest BCUT2D eigenvalue weighted by Gasteiger charge is -2.33. The van der Waals surface area contributed by atoms with Gasteiger partial charge in [-0.3, -0.25) is 4.79 Å². The normalized spacial score (nSPS) is 25.1. The van der Waals surface area contributed by atoms with Crippen molar-refractivity contribution in [3.63, 3.8) is 0 Å². The van der Waals surface area contributed by atoms with E-state index in [1.165, 1.54) is 0 Å². The summed E-state index contributed by atoms with van der Waals surface area (Å²) in [4.78, 5) is 23.8. The molecule has 1 amide bonds. The summed E-state index contributed by atoms with van der Waals surface area (Å²) in [5.41, 5.74) is -1.08. The van der Waals surface area contributed by atoms with Crippen LogP contribution in [-0.2, 0) is 9.59 Å². The van der Waals surface area contributed by atoms with Gasteiger partial charge in [-0.25, -0.2) is 4.79 Å². The Morgan fingerprint density at radius 1 is 1.42 bits per heavy atom. The summed E-state index contributed by atoms with van der Waals surface area (Å²) in [5, 5.41) is 15.3. The second kappa shape index (κ2) is 5.90. The number of hydrogen-bond acceptors (Lipinski definition) is 3. The Hall–Kier alpha value is -1.10. The van der Waals surface area contributed by atoms with Gasteiger partial charge in [0.05, 0.1) is 5.54 Å². The molecule has 5 nitrogen and oxygen atoms in total. The fourth-order valence-electron chi connectivity index (χ4n) is 2.67. The van der Waals surface area contributed by atoms with Gasteiger partial charge in [0.1, 0.15) is 6.04 Å². The molecule has 3 N–H and O–H groups in total. The monoisotopic (exact) mass is 270 g/mol. The molecule has 1 rings (SSSR count). The maximum absolute atomic E-state index is 12.5. The van der Waals surface area contributed by atoms with Crippen LogP contribution in [0.4, 0.5) is 0 Å². The van der Waals surface area contributed by atoms with Gasteiger partial charge in [0.2, 0.25) is 5.91 Å². The molecular formula is C14H26N2O3. The molecule has 0 spiro atoms. The lowest BCUT2D eigenvalue weighted by Crippen LogP contribution is -2.59. The first kappa shape index (κ1) is 16.0. The number of aliphatic carboxylic acids is 1. The number of nitrogens with one attached hydrogen (secondary N) is 2. The van der Waals surface area contributed by atoms with Gasteiger partial charge in [0.25, 0.3) is 0 Å². The molecule has 2 atom stereocenters. The first-order valence-electron chi connectivity index (χ1n) is 7.02. The lowest BCUT2D eigenvalue weighted by molar-refractivity contribution is -0.146. The number of carbonyl (C=O) groups is 2.